The third kappa shape index (κ3) is 2.22. The van der Waals surface area contributed by atoms with Crippen LogP contribution < -0.4 is 5.73 Å². The lowest BCUT2D eigenvalue weighted by Crippen LogP contribution is -2.48. The number of nitrogens with two attached hydrogens (primary N) is 1. The second kappa shape index (κ2) is 4.79. The first-order chi connectivity index (χ1) is 8.58. The van der Waals surface area contributed by atoms with Crippen LogP contribution in [-0.4, -0.2) is 30.1 Å². The van der Waals surface area contributed by atoms with Gasteiger partial charge >= 0.3 is 0 Å². The summed E-state index contributed by atoms with van der Waals surface area (Å²) in [6.45, 7) is 7.33. The standard InChI is InChI=1S/C16H30N2/c1-16(2)9-8-13(15(16)17)11-18-10-4-6-12-5-3-7-14(12)18/h12-15H,3-11,17H2,1-2H3. The van der Waals surface area contributed by atoms with Gasteiger partial charge in [0.25, 0.3) is 0 Å². The minimum atomic E-state index is 0.371. The van der Waals surface area contributed by atoms with E-state index in [1.165, 1.54) is 58.0 Å². The Balaban J connectivity index is 1.62. The molecule has 4 unspecified atom stereocenters. The zero-order valence-electron chi connectivity index (χ0n) is 12.2. The molecular weight excluding hydrogens is 220 g/mol. The van der Waals surface area contributed by atoms with E-state index in [4.69, 9.17) is 5.73 Å². The molecule has 0 aromatic carbocycles. The molecular formula is C16H30N2. The van der Waals surface area contributed by atoms with Gasteiger partial charge in [0, 0.05) is 18.6 Å². The lowest BCUT2D eigenvalue weighted by molar-refractivity contribution is 0.0889. The molecule has 1 saturated heterocycles. The van der Waals surface area contributed by atoms with Crippen LogP contribution >= 0.6 is 0 Å². The number of piperidine rings is 1. The molecule has 3 aliphatic rings. The summed E-state index contributed by atoms with van der Waals surface area (Å²) in [6.07, 6.45) is 9.99. The molecule has 2 saturated carbocycles. The van der Waals surface area contributed by atoms with Crippen LogP contribution in [0.4, 0.5) is 0 Å². The van der Waals surface area contributed by atoms with Gasteiger partial charge in [0.15, 0.2) is 0 Å². The minimum absolute atomic E-state index is 0.371. The number of likely N-dealkylation sites (tertiary alicyclic amines) is 1. The number of nitrogens with zero attached hydrogens (tertiary/aromatic N) is 1. The minimum Gasteiger partial charge on any atom is -0.327 e. The van der Waals surface area contributed by atoms with E-state index < -0.39 is 0 Å². The molecule has 0 aromatic rings. The summed E-state index contributed by atoms with van der Waals surface area (Å²) in [4.78, 5) is 2.81. The molecule has 2 aliphatic carbocycles. The van der Waals surface area contributed by atoms with Crippen molar-refractivity contribution in [3.05, 3.63) is 0 Å². The quantitative estimate of drug-likeness (QED) is 0.816. The molecule has 2 N–H and O–H groups in total. The first-order valence-corrected chi connectivity index (χ1v) is 8.07. The van der Waals surface area contributed by atoms with Gasteiger partial charge in [-0.25, -0.2) is 0 Å². The van der Waals surface area contributed by atoms with E-state index >= 15 is 0 Å². The summed E-state index contributed by atoms with van der Waals surface area (Å²) in [5, 5.41) is 0. The topological polar surface area (TPSA) is 29.3 Å². The van der Waals surface area contributed by atoms with Crippen LogP contribution in [-0.2, 0) is 0 Å². The van der Waals surface area contributed by atoms with E-state index in [0.29, 0.717) is 11.5 Å². The SMILES string of the molecule is CC1(C)CCC(CN2CCCC3CCCC32)C1N. The molecule has 4 atom stereocenters. The second-order valence-electron chi connectivity index (χ2n) is 7.71. The zero-order valence-corrected chi connectivity index (χ0v) is 12.2. The van der Waals surface area contributed by atoms with Crippen molar-refractivity contribution in [2.24, 2.45) is 23.0 Å². The summed E-state index contributed by atoms with van der Waals surface area (Å²) in [5.41, 5.74) is 6.86. The average molecular weight is 250 g/mol. The molecule has 1 heterocycles. The van der Waals surface area contributed by atoms with E-state index in [1.54, 1.807) is 0 Å². The van der Waals surface area contributed by atoms with Gasteiger partial charge in [-0.15, -0.1) is 0 Å². The van der Waals surface area contributed by atoms with Crippen molar-refractivity contribution >= 4 is 0 Å². The summed E-state index contributed by atoms with van der Waals surface area (Å²) < 4.78 is 0. The third-order valence-corrected chi connectivity index (χ3v) is 6.15. The van der Waals surface area contributed by atoms with E-state index in [2.05, 4.69) is 18.7 Å². The zero-order chi connectivity index (χ0) is 12.8. The highest BCUT2D eigenvalue weighted by Gasteiger charge is 2.42. The van der Waals surface area contributed by atoms with Crippen molar-refractivity contribution < 1.29 is 0 Å². The van der Waals surface area contributed by atoms with Crippen molar-refractivity contribution in [3.8, 4) is 0 Å². The fourth-order valence-electron chi connectivity index (χ4n) is 4.83. The molecule has 0 amide bonds. The van der Waals surface area contributed by atoms with Gasteiger partial charge in [0.2, 0.25) is 0 Å². The van der Waals surface area contributed by atoms with Crippen molar-refractivity contribution in [1.29, 1.82) is 0 Å². The van der Waals surface area contributed by atoms with Gasteiger partial charge in [-0.3, -0.25) is 4.90 Å². The Hall–Kier alpha value is -0.0800. The Morgan fingerprint density at radius 2 is 1.89 bits per heavy atom. The molecule has 1 aliphatic heterocycles. The summed E-state index contributed by atoms with van der Waals surface area (Å²) in [5.74, 6) is 1.77. The molecule has 0 bridgehead atoms. The fourth-order valence-corrected chi connectivity index (χ4v) is 4.83. The fraction of sp³-hybridized carbons (Fsp3) is 1.00. The lowest BCUT2D eigenvalue weighted by Gasteiger charge is -2.40. The van der Waals surface area contributed by atoms with E-state index in [1.807, 2.05) is 0 Å². The molecule has 104 valence electrons. The molecule has 3 rings (SSSR count). The predicted octanol–water partition coefficient (Wildman–Crippen LogP) is 3.01. The molecule has 18 heavy (non-hydrogen) atoms. The largest absolute Gasteiger partial charge is 0.327 e. The van der Waals surface area contributed by atoms with E-state index in [9.17, 15) is 0 Å². The molecule has 0 aromatic heterocycles. The molecule has 2 nitrogen and oxygen atoms in total. The summed E-state index contributed by atoms with van der Waals surface area (Å²) in [7, 11) is 0. The Bertz CT molecular complexity index is 299. The Kier molecular flexibility index (Phi) is 3.44. The third-order valence-electron chi connectivity index (χ3n) is 6.15. The van der Waals surface area contributed by atoms with E-state index in [-0.39, 0.29) is 0 Å². The van der Waals surface area contributed by atoms with Crippen LogP contribution in [0.5, 0.6) is 0 Å². The summed E-state index contributed by atoms with van der Waals surface area (Å²) in [6, 6.07) is 1.33. The second-order valence-corrected chi connectivity index (χ2v) is 7.71. The van der Waals surface area contributed by atoms with Gasteiger partial charge in [-0.1, -0.05) is 20.3 Å². The number of rotatable bonds is 2. The van der Waals surface area contributed by atoms with Crippen LogP contribution in [0.1, 0.15) is 58.8 Å². The first kappa shape index (κ1) is 12.9. The predicted molar refractivity (Wildman–Crippen MR) is 76.4 cm³/mol. The van der Waals surface area contributed by atoms with Crippen molar-refractivity contribution in [3.63, 3.8) is 0 Å². The van der Waals surface area contributed by atoms with Crippen LogP contribution in [0.15, 0.2) is 0 Å². The van der Waals surface area contributed by atoms with Crippen LogP contribution in [0, 0.1) is 17.3 Å². The first-order valence-electron chi connectivity index (χ1n) is 8.07. The lowest BCUT2D eigenvalue weighted by atomic mass is 9.84. The highest BCUT2D eigenvalue weighted by Crippen LogP contribution is 2.42. The van der Waals surface area contributed by atoms with E-state index in [0.717, 1.165) is 17.9 Å². The van der Waals surface area contributed by atoms with Crippen molar-refractivity contribution in [2.75, 3.05) is 13.1 Å². The van der Waals surface area contributed by atoms with Crippen LogP contribution in [0.25, 0.3) is 0 Å². The number of hydrogen-bond acceptors (Lipinski definition) is 2. The average Bonchev–Trinajstić information content (AvgIpc) is 2.90. The number of hydrogen-bond donors (Lipinski definition) is 1. The maximum absolute atomic E-state index is 6.48. The van der Waals surface area contributed by atoms with Gasteiger partial charge in [-0.2, -0.15) is 0 Å². The van der Waals surface area contributed by atoms with Gasteiger partial charge < -0.3 is 5.73 Å². The molecule has 3 fully saturated rings. The van der Waals surface area contributed by atoms with Crippen molar-refractivity contribution in [1.82, 2.24) is 4.90 Å². The van der Waals surface area contributed by atoms with Crippen LogP contribution in [0.2, 0.25) is 0 Å². The molecule has 2 heteroatoms. The molecule has 0 spiro atoms. The monoisotopic (exact) mass is 250 g/mol. The summed E-state index contributed by atoms with van der Waals surface area (Å²) >= 11 is 0. The van der Waals surface area contributed by atoms with Crippen LogP contribution in [0.3, 0.4) is 0 Å². The Labute approximate surface area is 112 Å². The maximum atomic E-state index is 6.48. The smallest absolute Gasteiger partial charge is 0.0131 e. The Morgan fingerprint density at radius 1 is 1.11 bits per heavy atom. The highest BCUT2D eigenvalue weighted by molar-refractivity contribution is 4.97. The number of fused-ring (bicyclic) bond motifs is 1. The highest BCUT2D eigenvalue weighted by atomic mass is 15.2. The van der Waals surface area contributed by atoms with Gasteiger partial charge in [0.1, 0.15) is 0 Å². The normalized spacial score (nSPS) is 44.2. The maximum Gasteiger partial charge on any atom is 0.0131 e. The molecule has 0 radical (unpaired) electrons. The van der Waals surface area contributed by atoms with Gasteiger partial charge in [-0.05, 0) is 62.3 Å². The van der Waals surface area contributed by atoms with Gasteiger partial charge in [0.05, 0.1) is 0 Å². The van der Waals surface area contributed by atoms with Crippen molar-refractivity contribution in [2.45, 2.75) is 70.9 Å². The Morgan fingerprint density at radius 3 is 2.61 bits per heavy atom.